The van der Waals surface area contributed by atoms with E-state index in [1.165, 1.54) is 0 Å². The number of hydrogen-bond acceptors (Lipinski definition) is 4. The van der Waals surface area contributed by atoms with Gasteiger partial charge in [-0.2, -0.15) is 0 Å². The second kappa shape index (κ2) is 5.93. The van der Waals surface area contributed by atoms with E-state index in [1.54, 1.807) is 18.2 Å². The van der Waals surface area contributed by atoms with Crippen LogP contribution in [0.2, 0.25) is 0 Å². The second-order valence-corrected chi connectivity index (χ2v) is 4.98. The fraction of sp³-hybridized carbons (Fsp3) is 0.250. The van der Waals surface area contributed by atoms with Crippen LogP contribution in [0.25, 0.3) is 11.3 Å². The van der Waals surface area contributed by atoms with Crippen LogP contribution in [0.1, 0.15) is 12.0 Å². The molecule has 0 unspecified atom stereocenters. The first-order valence-corrected chi connectivity index (χ1v) is 6.97. The molecule has 6 nitrogen and oxygen atoms in total. The third-order valence-electron chi connectivity index (χ3n) is 3.45. The van der Waals surface area contributed by atoms with Crippen molar-refractivity contribution >= 4 is 5.97 Å². The fourth-order valence-corrected chi connectivity index (χ4v) is 2.32. The van der Waals surface area contributed by atoms with Gasteiger partial charge in [0.1, 0.15) is 13.2 Å². The molecule has 0 saturated heterocycles. The van der Waals surface area contributed by atoms with Gasteiger partial charge in [-0.25, -0.2) is 0 Å². The molecule has 0 atom stereocenters. The number of aromatic nitrogens is 1. The lowest BCUT2D eigenvalue weighted by molar-refractivity contribution is -0.136. The molecular weight excluding hydrogens is 286 g/mol. The van der Waals surface area contributed by atoms with Gasteiger partial charge in [0.2, 0.25) is 0 Å². The Labute approximate surface area is 126 Å². The zero-order valence-electron chi connectivity index (χ0n) is 11.8. The number of carbonyl (C=O) groups is 1. The number of aryl methyl sites for hydroxylation is 1. The summed E-state index contributed by atoms with van der Waals surface area (Å²) in [6, 6.07) is 8.89. The zero-order valence-corrected chi connectivity index (χ0v) is 11.8. The Hall–Kier alpha value is -2.76. The van der Waals surface area contributed by atoms with Gasteiger partial charge in [0, 0.05) is 23.2 Å². The van der Waals surface area contributed by atoms with E-state index in [0.29, 0.717) is 36.0 Å². The minimum absolute atomic E-state index is 0.0630. The summed E-state index contributed by atoms with van der Waals surface area (Å²) < 4.78 is 11.0. The predicted octanol–water partition coefficient (Wildman–Crippen LogP) is 1.83. The van der Waals surface area contributed by atoms with Gasteiger partial charge in [-0.15, -0.1) is 0 Å². The molecule has 1 aliphatic rings. The highest BCUT2D eigenvalue weighted by molar-refractivity contribution is 5.67. The highest BCUT2D eigenvalue weighted by Gasteiger charge is 2.13. The van der Waals surface area contributed by atoms with Gasteiger partial charge in [0.15, 0.2) is 11.5 Å². The van der Waals surface area contributed by atoms with Gasteiger partial charge in [0.05, 0.1) is 0 Å². The molecule has 6 heteroatoms. The maximum absolute atomic E-state index is 12.0. The fourth-order valence-electron chi connectivity index (χ4n) is 2.32. The van der Waals surface area contributed by atoms with Gasteiger partial charge >= 0.3 is 5.97 Å². The maximum atomic E-state index is 12.0. The van der Waals surface area contributed by atoms with Gasteiger partial charge in [-0.1, -0.05) is 6.07 Å². The molecule has 3 rings (SSSR count). The van der Waals surface area contributed by atoms with Crippen molar-refractivity contribution in [2.24, 2.45) is 0 Å². The van der Waals surface area contributed by atoms with E-state index in [-0.39, 0.29) is 18.4 Å². The molecule has 0 bridgehead atoms. The smallest absolute Gasteiger partial charge is 0.303 e. The number of rotatable bonds is 4. The lowest BCUT2D eigenvalue weighted by Gasteiger charge is -2.18. The minimum Gasteiger partial charge on any atom is -0.486 e. The first-order chi connectivity index (χ1) is 10.6. The van der Waals surface area contributed by atoms with Crippen molar-refractivity contribution in [1.82, 2.24) is 4.98 Å². The topological polar surface area (TPSA) is 88.6 Å². The SMILES string of the molecule is O=C(O)CCc1ccc(-c2ccc3c(c2)OCCO3)[nH]c1=O. The third kappa shape index (κ3) is 2.95. The number of benzene rings is 1. The molecule has 22 heavy (non-hydrogen) atoms. The summed E-state index contributed by atoms with van der Waals surface area (Å²) >= 11 is 0. The highest BCUT2D eigenvalue weighted by Crippen LogP contribution is 2.33. The summed E-state index contributed by atoms with van der Waals surface area (Å²) in [7, 11) is 0. The lowest BCUT2D eigenvalue weighted by Crippen LogP contribution is -2.16. The Balaban J connectivity index is 1.87. The maximum Gasteiger partial charge on any atom is 0.303 e. The third-order valence-corrected chi connectivity index (χ3v) is 3.45. The number of nitrogens with one attached hydrogen (secondary N) is 1. The van der Waals surface area contributed by atoms with Crippen molar-refractivity contribution in [3.8, 4) is 22.8 Å². The van der Waals surface area contributed by atoms with Crippen LogP contribution in [0.15, 0.2) is 35.1 Å². The number of carboxylic acids is 1. The molecule has 2 heterocycles. The average molecular weight is 301 g/mol. The van der Waals surface area contributed by atoms with E-state index in [0.717, 1.165) is 5.56 Å². The monoisotopic (exact) mass is 301 g/mol. The summed E-state index contributed by atoms with van der Waals surface area (Å²) in [6.07, 6.45) is 0.151. The van der Waals surface area contributed by atoms with E-state index in [1.807, 2.05) is 12.1 Å². The number of ether oxygens (including phenoxy) is 2. The first kappa shape index (κ1) is 14.2. The van der Waals surface area contributed by atoms with Crippen LogP contribution in [-0.4, -0.2) is 29.3 Å². The molecule has 0 radical (unpaired) electrons. The number of aliphatic carboxylic acids is 1. The number of H-pyrrole nitrogens is 1. The van der Waals surface area contributed by atoms with Crippen LogP contribution < -0.4 is 15.0 Å². The Bertz CT molecular complexity index is 765. The number of fused-ring (bicyclic) bond motifs is 1. The molecule has 0 amide bonds. The van der Waals surface area contributed by atoms with Crippen LogP contribution >= 0.6 is 0 Å². The van der Waals surface area contributed by atoms with E-state index >= 15 is 0 Å². The molecule has 0 spiro atoms. The van der Waals surface area contributed by atoms with Crippen molar-refractivity contribution in [2.45, 2.75) is 12.8 Å². The summed E-state index contributed by atoms with van der Waals surface area (Å²) in [6.45, 7) is 1.03. The van der Waals surface area contributed by atoms with Crippen LogP contribution in [0, 0.1) is 0 Å². The zero-order chi connectivity index (χ0) is 15.5. The van der Waals surface area contributed by atoms with E-state index in [2.05, 4.69) is 4.98 Å². The summed E-state index contributed by atoms with van der Waals surface area (Å²) in [5.74, 6) is 0.422. The van der Waals surface area contributed by atoms with Crippen LogP contribution in [0.5, 0.6) is 11.5 Å². The minimum atomic E-state index is -0.921. The second-order valence-electron chi connectivity index (χ2n) is 4.98. The van der Waals surface area contributed by atoms with Crippen LogP contribution in [-0.2, 0) is 11.2 Å². The number of aromatic amines is 1. The van der Waals surface area contributed by atoms with Crippen molar-refractivity contribution in [3.05, 3.63) is 46.2 Å². The van der Waals surface area contributed by atoms with E-state index in [4.69, 9.17) is 14.6 Å². The highest BCUT2D eigenvalue weighted by atomic mass is 16.6. The van der Waals surface area contributed by atoms with E-state index < -0.39 is 5.97 Å². The van der Waals surface area contributed by atoms with Gasteiger partial charge in [0.25, 0.3) is 5.56 Å². The largest absolute Gasteiger partial charge is 0.486 e. The number of pyridine rings is 1. The van der Waals surface area contributed by atoms with Gasteiger partial charge in [-0.3, -0.25) is 9.59 Å². The van der Waals surface area contributed by atoms with Crippen molar-refractivity contribution < 1.29 is 19.4 Å². The average Bonchev–Trinajstić information content (AvgIpc) is 2.53. The summed E-state index contributed by atoms with van der Waals surface area (Å²) in [5, 5.41) is 8.67. The van der Waals surface area contributed by atoms with Crippen molar-refractivity contribution in [2.75, 3.05) is 13.2 Å². The van der Waals surface area contributed by atoms with Crippen molar-refractivity contribution in [3.63, 3.8) is 0 Å². The summed E-state index contributed by atoms with van der Waals surface area (Å²) in [4.78, 5) is 25.4. The first-order valence-electron chi connectivity index (χ1n) is 6.97. The van der Waals surface area contributed by atoms with Gasteiger partial charge in [-0.05, 0) is 30.7 Å². The molecule has 0 saturated carbocycles. The Kier molecular flexibility index (Phi) is 3.82. The Morgan fingerprint density at radius 2 is 1.91 bits per heavy atom. The normalized spacial score (nSPS) is 12.9. The lowest BCUT2D eigenvalue weighted by atomic mass is 10.1. The molecule has 2 N–H and O–H groups in total. The van der Waals surface area contributed by atoms with E-state index in [9.17, 15) is 9.59 Å². The molecule has 0 aliphatic carbocycles. The molecule has 1 aliphatic heterocycles. The van der Waals surface area contributed by atoms with Crippen molar-refractivity contribution in [1.29, 1.82) is 0 Å². The number of carboxylic acid groups (broad SMARTS) is 1. The Morgan fingerprint density at radius 3 is 2.64 bits per heavy atom. The number of hydrogen-bond donors (Lipinski definition) is 2. The molecule has 0 fully saturated rings. The molecule has 1 aromatic heterocycles. The summed E-state index contributed by atoms with van der Waals surface area (Å²) in [5.41, 5.74) is 1.66. The quantitative estimate of drug-likeness (QED) is 0.899. The molecule has 1 aromatic carbocycles. The van der Waals surface area contributed by atoms with Crippen LogP contribution in [0.4, 0.5) is 0 Å². The molecule has 2 aromatic rings. The standard InChI is InChI=1S/C16H15NO5/c18-15(19)6-3-10-1-4-12(17-16(10)20)11-2-5-13-14(9-11)22-8-7-21-13/h1-2,4-5,9H,3,6-8H2,(H,17,20)(H,18,19). The van der Waals surface area contributed by atoms with Crippen LogP contribution in [0.3, 0.4) is 0 Å². The van der Waals surface area contributed by atoms with Gasteiger partial charge < -0.3 is 19.6 Å². The molecular formula is C16H15NO5. The predicted molar refractivity (Wildman–Crippen MR) is 79.4 cm³/mol. The molecule has 114 valence electrons. The Morgan fingerprint density at radius 1 is 1.14 bits per heavy atom.